The summed E-state index contributed by atoms with van der Waals surface area (Å²) in [6, 6.07) is 7.74. The molecule has 0 radical (unpaired) electrons. The van der Waals surface area contributed by atoms with Gasteiger partial charge < -0.3 is 4.74 Å². The molecule has 1 unspecified atom stereocenters. The van der Waals surface area contributed by atoms with E-state index in [2.05, 4.69) is 19.8 Å². The van der Waals surface area contributed by atoms with Gasteiger partial charge in [0, 0.05) is 10.9 Å². The molecule has 3 rings (SSSR count). The van der Waals surface area contributed by atoms with Crippen molar-refractivity contribution < 1.29 is 17.9 Å². The van der Waals surface area contributed by atoms with Crippen molar-refractivity contribution in [3.05, 3.63) is 47.9 Å². The lowest BCUT2D eigenvalue weighted by molar-refractivity contribution is -0.274. The zero-order valence-electron chi connectivity index (χ0n) is 12.8. The van der Waals surface area contributed by atoms with E-state index >= 15 is 0 Å². The zero-order valence-corrected chi connectivity index (χ0v) is 13.6. The van der Waals surface area contributed by atoms with E-state index in [-0.39, 0.29) is 11.0 Å². The lowest BCUT2D eigenvalue weighted by atomic mass is 10.2. The van der Waals surface area contributed by atoms with Gasteiger partial charge in [0.1, 0.15) is 17.1 Å². The van der Waals surface area contributed by atoms with Gasteiger partial charge in [-0.2, -0.15) is 14.6 Å². The average Bonchev–Trinajstić information content (AvgIpc) is 2.94. The lowest BCUT2D eigenvalue weighted by Gasteiger charge is -2.14. The first-order valence-corrected chi connectivity index (χ1v) is 7.89. The van der Waals surface area contributed by atoms with Crippen molar-refractivity contribution in [3.63, 3.8) is 0 Å². The second-order valence-electron chi connectivity index (χ2n) is 5.08. The number of aromatic nitrogens is 4. The van der Waals surface area contributed by atoms with E-state index in [4.69, 9.17) is 0 Å². The Bertz CT molecular complexity index is 848. The van der Waals surface area contributed by atoms with Gasteiger partial charge in [0.05, 0.1) is 0 Å². The summed E-state index contributed by atoms with van der Waals surface area (Å²) < 4.78 is 42.1. The minimum absolute atomic E-state index is 0.000799. The molecule has 0 fully saturated rings. The molecule has 0 aliphatic heterocycles. The molecule has 126 valence electrons. The first-order valence-electron chi connectivity index (χ1n) is 7.01. The highest BCUT2D eigenvalue weighted by atomic mass is 32.2. The number of benzene rings is 1. The molecule has 9 heteroatoms. The fourth-order valence-electron chi connectivity index (χ4n) is 2.17. The first kappa shape index (κ1) is 16.6. The average molecular weight is 354 g/mol. The topological polar surface area (TPSA) is 52.3 Å². The molecule has 2 aromatic heterocycles. The standard InChI is InChI=1S/C15H13F3N4OS/c1-9-7-13(22-14(21-9)19-8-20-22)24-10(2)11-3-5-12(6-4-11)23-15(16,17)18/h3-8,10H,1-2H3. The molecule has 0 saturated heterocycles. The Balaban J connectivity index is 1.79. The van der Waals surface area contributed by atoms with Crippen molar-refractivity contribution in [2.45, 2.75) is 30.5 Å². The maximum absolute atomic E-state index is 12.2. The summed E-state index contributed by atoms with van der Waals surface area (Å²) in [6.07, 6.45) is -3.26. The van der Waals surface area contributed by atoms with Crippen LogP contribution in [0.2, 0.25) is 0 Å². The van der Waals surface area contributed by atoms with Gasteiger partial charge in [0.15, 0.2) is 0 Å². The van der Waals surface area contributed by atoms with Gasteiger partial charge >= 0.3 is 6.36 Å². The minimum atomic E-state index is -4.69. The number of hydrogen-bond donors (Lipinski definition) is 0. The Kier molecular flexibility index (Phi) is 4.35. The van der Waals surface area contributed by atoms with E-state index in [0.29, 0.717) is 5.78 Å². The molecule has 0 bridgehead atoms. The maximum Gasteiger partial charge on any atom is 0.573 e. The Morgan fingerprint density at radius 3 is 2.58 bits per heavy atom. The fourth-order valence-corrected chi connectivity index (χ4v) is 3.29. The van der Waals surface area contributed by atoms with E-state index in [1.807, 2.05) is 19.9 Å². The molecular weight excluding hydrogens is 341 g/mol. The summed E-state index contributed by atoms with van der Waals surface area (Å²) in [5.74, 6) is 0.278. The number of alkyl halides is 3. The highest BCUT2D eigenvalue weighted by Gasteiger charge is 2.31. The van der Waals surface area contributed by atoms with Crippen LogP contribution in [0.1, 0.15) is 23.4 Å². The van der Waals surface area contributed by atoms with Gasteiger partial charge in [-0.15, -0.1) is 13.2 Å². The van der Waals surface area contributed by atoms with Crippen LogP contribution < -0.4 is 4.74 Å². The van der Waals surface area contributed by atoms with Crippen molar-refractivity contribution >= 4 is 17.5 Å². The molecule has 0 spiro atoms. The molecule has 1 aromatic carbocycles. The van der Waals surface area contributed by atoms with Crippen LogP contribution in [0.4, 0.5) is 13.2 Å². The Morgan fingerprint density at radius 1 is 1.21 bits per heavy atom. The molecule has 3 aromatic rings. The third kappa shape index (κ3) is 3.78. The van der Waals surface area contributed by atoms with Gasteiger partial charge in [-0.25, -0.2) is 4.98 Å². The number of halogens is 3. The first-order chi connectivity index (χ1) is 11.3. The number of rotatable bonds is 4. The van der Waals surface area contributed by atoms with Crippen LogP contribution in [0.15, 0.2) is 41.7 Å². The largest absolute Gasteiger partial charge is 0.573 e. The normalized spacial score (nSPS) is 13.2. The van der Waals surface area contributed by atoms with Crippen LogP contribution in [0.3, 0.4) is 0 Å². The number of thioether (sulfide) groups is 1. The van der Waals surface area contributed by atoms with Crippen LogP contribution in [0.25, 0.3) is 5.78 Å². The van der Waals surface area contributed by atoms with Crippen molar-refractivity contribution in [3.8, 4) is 5.75 Å². The molecule has 1 atom stereocenters. The van der Waals surface area contributed by atoms with Crippen LogP contribution in [0.5, 0.6) is 5.75 Å². The third-order valence-electron chi connectivity index (χ3n) is 3.23. The van der Waals surface area contributed by atoms with Crippen LogP contribution >= 0.6 is 11.8 Å². The minimum Gasteiger partial charge on any atom is -0.406 e. The summed E-state index contributed by atoms with van der Waals surface area (Å²) >= 11 is 1.52. The van der Waals surface area contributed by atoms with Crippen LogP contribution in [-0.4, -0.2) is 25.9 Å². The van der Waals surface area contributed by atoms with Gasteiger partial charge in [-0.3, -0.25) is 0 Å². The summed E-state index contributed by atoms with van der Waals surface area (Å²) in [4.78, 5) is 8.35. The van der Waals surface area contributed by atoms with E-state index in [9.17, 15) is 13.2 Å². The summed E-state index contributed by atoms with van der Waals surface area (Å²) in [5.41, 5.74) is 1.69. The molecule has 0 amide bonds. The Morgan fingerprint density at radius 2 is 1.92 bits per heavy atom. The second-order valence-corrected chi connectivity index (χ2v) is 6.45. The second kappa shape index (κ2) is 6.31. The summed E-state index contributed by atoms with van der Waals surface area (Å²) in [5, 5.41) is 5.00. The van der Waals surface area contributed by atoms with Gasteiger partial charge in [-0.1, -0.05) is 23.9 Å². The fraction of sp³-hybridized carbons (Fsp3) is 0.267. The quantitative estimate of drug-likeness (QED) is 0.520. The molecule has 2 heterocycles. The SMILES string of the molecule is Cc1cc(SC(C)c2ccc(OC(F)(F)F)cc2)n2ncnc2n1. The van der Waals surface area contributed by atoms with Gasteiger partial charge in [-0.05, 0) is 37.6 Å². The highest BCUT2D eigenvalue weighted by Crippen LogP contribution is 2.35. The van der Waals surface area contributed by atoms with Gasteiger partial charge in [0.2, 0.25) is 0 Å². The molecule has 24 heavy (non-hydrogen) atoms. The highest BCUT2D eigenvalue weighted by molar-refractivity contribution is 7.99. The lowest BCUT2D eigenvalue weighted by Crippen LogP contribution is -2.17. The Labute approximate surface area is 139 Å². The number of fused-ring (bicyclic) bond motifs is 1. The van der Waals surface area contributed by atoms with Crippen LogP contribution in [-0.2, 0) is 0 Å². The number of aryl methyl sites for hydroxylation is 1. The summed E-state index contributed by atoms with van der Waals surface area (Å²) in [6.45, 7) is 3.83. The van der Waals surface area contributed by atoms with Crippen molar-refractivity contribution in [2.75, 3.05) is 0 Å². The molecule has 0 aliphatic carbocycles. The van der Waals surface area contributed by atoms with E-state index in [1.54, 1.807) is 16.6 Å². The zero-order chi connectivity index (χ0) is 17.3. The van der Waals surface area contributed by atoms with Crippen molar-refractivity contribution in [1.29, 1.82) is 0 Å². The molecule has 0 aliphatic rings. The Hall–Kier alpha value is -2.29. The van der Waals surface area contributed by atoms with Gasteiger partial charge in [0.25, 0.3) is 5.78 Å². The smallest absolute Gasteiger partial charge is 0.406 e. The number of ether oxygens (including phenoxy) is 1. The molecule has 5 nitrogen and oxygen atoms in total. The predicted octanol–water partition coefficient (Wildman–Crippen LogP) is 4.18. The van der Waals surface area contributed by atoms with Crippen molar-refractivity contribution in [1.82, 2.24) is 19.6 Å². The van der Waals surface area contributed by atoms with E-state index in [1.165, 1.54) is 30.2 Å². The van der Waals surface area contributed by atoms with E-state index < -0.39 is 6.36 Å². The number of hydrogen-bond acceptors (Lipinski definition) is 5. The third-order valence-corrected chi connectivity index (χ3v) is 4.39. The number of nitrogens with zero attached hydrogens (tertiary/aromatic N) is 4. The maximum atomic E-state index is 12.2. The van der Waals surface area contributed by atoms with E-state index in [0.717, 1.165) is 16.3 Å². The predicted molar refractivity (Wildman–Crippen MR) is 82.9 cm³/mol. The van der Waals surface area contributed by atoms with Crippen LogP contribution in [0, 0.1) is 6.92 Å². The monoisotopic (exact) mass is 354 g/mol. The van der Waals surface area contributed by atoms with Crippen molar-refractivity contribution in [2.24, 2.45) is 0 Å². The molecular formula is C15H13F3N4OS. The summed E-state index contributed by atoms with van der Waals surface area (Å²) in [7, 11) is 0. The molecule has 0 saturated carbocycles. The molecule has 0 N–H and O–H groups in total.